The smallest absolute Gasteiger partial charge is 0.436 e. The summed E-state index contributed by atoms with van der Waals surface area (Å²) in [6.45, 7) is 0.846. The number of carbonyl (C=O) groups is 1. The van der Waals surface area contributed by atoms with Crippen LogP contribution in [0.3, 0.4) is 0 Å². The van der Waals surface area contributed by atoms with Gasteiger partial charge in [-0.05, 0) is 19.1 Å². The van der Waals surface area contributed by atoms with Crippen LogP contribution in [0.5, 0.6) is 5.88 Å². The van der Waals surface area contributed by atoms with Crippen LogP contribution in [0.4, 0.5) is 48.3 Å². The number of alkyl halides is 6. The number of aryl methyl sites for hydroxylation is 1. The van der Waals surface area contributed by atoms with Crippen LogP contribution in [-0.4, -0.2) is 25.7 Å². The first kappa shape index (κ1) is 28.0. The van der Waals surface area contributed by atoms with Gasteiger partial charge >= 0.3 is 12.4 Å². The van der Waals surface area contributed by atoms with Gasteiger partial charge in [0.05, 0.1) is 5.69 Å². The molecule has 0 amide bonds. The minimum atomic E-state index is -5.63. The Morgan fingerprint density at radius 2 is 1.43 bits per heavy atom. The Hall–Kier alpha value is -3.20. The van der Waals surface area contributed by atoms with Crippen molar-refractivity contribution in [2.45, 2.75) is 19.3 Å². The Balaban J connectivity index is 0.00000432. The Labute approximate surface area is 196 Å². The third-order valence-corrected chi connectivity index (χ3v) is 4.35. The molecule has 35 heavy (non-hydrogen) atoms. The summed E-state index contributed by atoms with van der Waals surface area (Å²) in [5.41, 5.74) is -9.75. The van der Waals surface area contributed by atoms with Crippen LogP contribution in [0.15, 0.2) is 12.1 Å². The molecule has 189 valence electrons. The molecule has 5 nitrogen and oxygen atoms in total. The number of ketones is 1. The fourth-order valence-electron chi connectivity index (χ4n) is 2.93. The number of hydrogen-bond donors (Lipinski definition) is 1. The van der Waals surface area contributed by atoms with Gasteiger partial charge in [-0.25, -0.2) is 18.2 Å². The predicted octanol–water partition coefficient (Wildman–Crippen LogP) is 5.24. The van der Waals surface area contributed by atoms with Gasteiger partial charge in [-0.1, -0.05) is 0 Å². The second-order valence-electron chi connectivity index (χ2n) is 6.56. The van der Waals surface area contributed by atoms with Crippen LogP contribution in [-0.2, 0) is 29.4 Å². The molecule has 0 aliphatic carbocycles. The number of aromatic nitrogens is 3. The van der Waals surface area contributed by atoms with Crippen LogP contribution in [0.1, 0.15) is 32.9 Å². The van der Waals surface area contributed by atoms with Gasteiger partial charge in [-0.2, -0.15) is 44.9 Å². The number of rotatable bonds is 3. The molecule has 17 heteroatoms. The summed E-state index contributed by atoms with van der Waals surface area (Å²) in [4.78, 5) is 14.7. The van der Waals surface area contributed by atoms with E-state index in [0.29, 0.717) is 0 Å². The van der Waals surface area contributed by atoms with E-state index < -0.39 is 87.0 Å². The van der Waals surface area contributed by atoms with Crippen molar-refractivity contribution < 1.29 is 75.3 Å². The van der Waals surface area contributed by atoms with E-state index in [9.17, 15) is 58.2 Å². The number of pyridine rings is 1. The molecule has 0 aliphatic rings. The summed E-state index contributed by atoms with van der Waals surface area (Å²) in [7, 11) is 0. The molecule has 0 saturated carbocycles. The third-order valence-electron chi connectivity index (χ3n) is 4.35. The molecule has 0 aliphatic heterocycles. The van der Waals surface area contributed by atoms with Crippen molar-refractivity contribution >= 4 is 5.78 Å². The summed E-state index contributed by atoms with van der Waals surface area (Å²) in [5, 5.41) is 13.5. The molecule has 2 aromatic heterocycles. The van der Waals surface area contributed by atoms with Crippen molar-refractivity contribution in [2.24, 2.45) is 0 Å². The molecule has 1 radical (unpaired) electrons. The van der Waals surface area contributed by atoms with Gasteiger partial charge in [0, 0.05) is 22.6 Å². The molecule has 0 fully saturated rings. The maximum Gasteiger partial charge on any atom is 0.436 e. The number of hydrogen-bond acceptors (Lipinski definition) is 4. The summed E-state index contributed by atoms with van der Waals surface area (Å²) in [5.74, 6) is -15.0. The fourth-order valence-corrected chi connectivity index (χ4v) is 2.93. The maximum absolute atomic E-state index is 14.4. The quantitative estimate of drug-likeness (QED) is 0.206. The van der Waals surface area contributed by atoms with Gasteiger partial charge in [0.2, 0.25) is 17.5 Å². The van der Waals surface area contributed by atoms with Crippen LogP contribution < -0.4 is 0 Å². The second kappa shape index (κ2) is 9.11. The fraction of sp³-hybridized carbons (Fsp3) is 0.167. The second-order valence-corrected chi connectivity index (χ2v) is 6.56. The van der Waals surface area contributed by atoms with E-state index in [4.69, 9.17) is 0 Å². The number of halogens is 11. The summed E-state index contributed by atoms with van der Waals surface area (Å²) < 4.78 is 146. The van der Waals surface area contributed by atoms with Crippen molar-refractivity contribution in [3.8, 4) is 11.6 Å². The van der Waals surface area contributed by atoms with Crippen molar-refractivity contribution in [3.63, 3.8) is 0 Å². The molecule has 2 heterocycles. The van der Waals surface area contributed by atoms with Crippen molar-refractivity contribution in [2.75, 3.05) is 0 Å². The van der Waals surface area contributed by atoms with Crippen LogP contribution >= 0.6 is 0 Å². The summed E-state index contributed by atoms with van der Waals surface area (Å²) >= 11 is 0. The van der Waals surface area contributed by atoms with Gasteiger partial charge in [0.1, 0.15) is 28.4 Å². The standard InChI is InChI=1S/C18H6F11N3O2.Mn/c1-4-8(13(33)5-2-6(19)9(7(20)3-5)17(24,25)26)16(34)32(31-4)12-10(21)14(18(27,28)29)30-15(23)11(12)22;/h2-3,34H,1H3;. The summed E-state index contributed by atoms with van der Waals surface area (Å²) in [6, 6.07) is -0.112. The normalized spacial score (nSPS) is 12.0. The third kappa shape index (κ3) is 4.82. The zero-order valence-electron chi connectivity index (χ0n) is 16.4. The molecule has 3 aromatic rings. The number of aromatic hydroxyl groups is 1. The molecular weight excluding hydrogens is 554 g/mol. The van der Waals surface area contributed by atoms with Crippen LogP contribution in [0.25, 0.3) is 5.69 Å². The van der Waals surface area contributed by atoms with Gasteiger partial charge < -0.3 is 5.11 Å². The van der Waals surface area contributed by atoms with Crippen molar-refractivity contribution in [1.29, 1.82) is 0 Å². The number of nitrogens with zero attached hydrogens (tertiary/aromatic N) is 3. The van der Waals surface area contributed by atoms with Gasteiger partial charge in [0.25, 0.3) is 5.95 Å². The van der Waals surface area contributed by atoms with E-state index in [1.165, 1.54) is 0 Å². The minimum absolute atomic E-state index is 0. The van der Waals surface area contributed by atoms with Gasteiger partial charge in [-0.15, -0.1) is 0 Å². The van der Waals surface area contributed by atoms with E-state index in [2.05, 4.69) is 10.1 Å². The molecular formula is C18H6F11MnN3O2. The molecule has 3 rings (SSSR count). The number of carbonyl (C=O) groups excluding carboxylic acids is 1. The van der Waals surface area contributed by atoms with Gasteiger partial charge in [-0.3, -0.25) is 4.79 Å². The molecule has 1 N–H and O–H groups in total. The average molecular weight is 560 g/mol. The maximum atomic E-state index is 14.4. The van der Waals surface area contributed by atoms with Crippen LogP contribution in [0.2, 0.25) is 0 Å². The first-order valence-corrected chi connectivity index (χ1v) is 8.48. The van der Waals surface area contributed by atoms with E-state index in [-0.39, 0.29) is 33.9 Å². The minimum Gasteiger partial charge on any atom is -0.493 e. The van der Waals surface area contributed by atoms with E-state index in [0.717, 1.165) is 6.92 Å². The predicted molar refractivity (Wildman–Crippen MR) is 87.4 cm³/mol. The monoisotopic (exact) mass is 560 g/mol. The first-order chi connectivity index (χ1) is 15.5. The molecule has 0 bridgehead atoms. The Morgan fingerprint density at radius 1 is 0.914 bits per heavy atom. The molecule has 0 saturated heterocycles. The van der Waals surface area contributed by atoms with Crippen molar-refractivity contribution in [1.82, 2.24) is 14.8 Å². The average Bonchev–Trinajstić information content (AvgIpc) is 2.95. The zero-order valence-corrected chi connectivity index (χ0v) is 17.6. The molecule has 1 aromatic carbocycles. The molecule has 0 spiro atoms. The Morgan fingerprint density at radius 3 is 1.89 bits per heavy atom. The Kier molecular flexibility index (Phi) is 7.30. The Bertz CT molecular complexity index is 1310. The zero-order chi connectivity index (χ0) is 25.9. The SMILES string of the molecule is Cc1nn(-c2c(F)c(F)nc(C(F)(F)F)c2F)c(O)c1C(=O)c1cc(F)c(C(F)(F)F)c(F)c1.[Mn]. The van der Waals surface area contributed by atoms with Crippen LogP contribution in [0, 0.1) is 36.1 Å². The number of benzene rings is 1. The van der Waals surface area contributed by atoms with Gasteiger partial charge in [0.15, 0.2) is 11.5 Å². The largest absolute Gasteiger partial charge is 0.493 e. The molecule has 0 unspecified atom stereocenters. The van der Waals surface area contributed by atoms with Crippen molar-refractivity contribution in [3.05, 3.63) is 69.4 Å². The summed E-state index contributed by atoms with van der Waals surface area (Å²) in [6.07, 6.45) is -11.1. The topological polar surface area (TPSA) is 68.0 Å². The van der Waals surface area contributed by atoms with E-state index in [1.807, 2.05) is 0 Å². The van der Waals surface area contributed by atoms with E-state index in [1.54, 1.807) is 0 Å². The molecule has 0 atom stereocenters. The first-order valence-electron chi connectivity index (χ1n) is 8.48. The van der Waals surface area contributed by atoms with E-state index >= 15 is 0 Å².